The first-order chi connectivity index (χ1) is 10.8. The highest BCUT2D eigenvalue weighted by molar-refractivity contribution is 5.78. The number of hydrogen-bond acceptors (Lipinski definition) is 1. The molecule has 1 fully saturated rings. The fraction of sp³-hybridized carbons (Fsp3) is 0.316. The van der Waals surface area contributed by atoms with Crippen LogP contribution in [0.2, 0.25) is 0 Å². The van der Waals surface area contributed by atoms with E-state index in [0.717, 1.165) is 31.5 Å². The van der Waals surface area contributed by atoms with E-state index in [2.05, 4.69) is 0 Å². The molecule has 2 nitrogen and oxygen atoms in total. The van der Waals surface area contributed by atoms with Crippen LogP contribution in [0, 0.1) is 5.82 Å². The highest BCUT2D eigenvalue weighted by Crippen LogP contribution is 2.30. The second-order valence-electron chi connectivity index (χ2n) is 5.78. The average molecular weight is 297 g/mol. The minimum absolute atomic E-state index is 0.120. The van der Waals surface area contributed by atoms with Gasteiger partial charge in [0.1, 0.15) is 5.82 Å². The Bertz CT molecular complexity index is 635. The first-order valence-corrected chi connectivity index (χ1v) is 7.83. The fourth-order valence-corrected chi connectivity index (χ4v) is 3.12. The fourth-order valence-electron chi connectivity index (χ4n) is 3.12. The zero-order valence-corrected chi connectivity index (χ0v) is 12.5. The van der Waals surface area contributed by atoms with Crippen LogP contribution in [0.15, 0.2) is 54.6 Å². The summed E-state index contributed by atoms with van der Waals surface area (Å²) in [6.45, 7) is 1.66. The van der Waals surface area contributed by atoms with Gasteiger partial charge in [-0.05, 0) is 30.0 Å². The molecule has 0 saturated carbocycles. The van der Waals surface area contributed by atoms with Crippen LogP contribution in [0.4, 0.5) is 4.39 Å². The van der Waals surface area contributed by atoms with Crippen molar-refractivity contribution in [3.8, 4) is 0 Å². The van der Waals surface area contributed by atoms with Gasteiger partial charge in [0.15, 0.2) is 0 Å². The third-order valence-corrected chi connectivity index (χ3v) is 4.32. The van der Waals surface area contributed by atoms with E-state index in [1.54, 1.807) is 12.1 Å². The molecule has 0 spiro atoms. The van der Waals surface area contributed by atoms with E-state index in [4.69, 9.17) is 0 Å². The molecule has 3 rings (SSSR count). The summed E-state index contributed by atoms with van der Waals surface area (Å²) in [6.07, 6.45) is 2.47. The van der Waals surface area contributed by atoms with Gasteiger partial charge in [0, 0.05) is 25.4 Å². The Labute approximate surface area is 130 Å². The number of carbonyl (C=O) groups excluding carboxylic acids is 1. The van der Waals surface area contributed by atoms with Crippen LogP contribution in [0.1, 0.15) is 36.3 Å². The van der Waals surface area contributed by atoms with Gasteiger partial charge in [0.25, 0.3) is 0 Å². The van der Waals surface area contributed by atoms with Gasteiger partial charge in [-0.2, -0.15) is 0 Å². The van der Waals surface area contributed by atoms with Crippen molar-refractivity contribution >= 4 is 5.91 Å². The van der Waals surface area contributed by atoms with Crippen molar-refractivity contribution < 1.29 is 9.18 Å². The van der Waals surface area contributed by atoms with Gasteiger partial charge in [-0.25, -0.2) is 4.39 Å². The molecule has 1 heterocycles. The molecule has 0 aliphatic carbocycles. The van der Waals surface area contributed by atoms with Crippen molar-refractivity contribution in [1.29, 1.82) is 0 Å². The Balaban J connectivity index is 1.90. The number of hydrogen-bond donors (Lipinski definition) is 0. The molecule has 2 aromatic rings. The van der Waals surface area contributed by atoms with Crippen LogP contribution >= 0.6 is 0 Å². The third kappa shape index (κ3) is 3.19. The predicted octanol–water partition coefficient (Wildman–Crippen LogP) is 3.97. The molecule has 3 heteroatoms. The van der Waals surface area contributed by atoms with Crippen LogP contribution in [0.3, 0.4) is 0 Å². The predicted molar refractivity (Wildman–Crippen MR) is 85.1 cm³/mol. The molecule has 0 N–H and O–H groups in total. The summed E-state index contributed by atoms with van der Waals surface area (Å²) in [4.78, 5) is 14.4. The van der Waals surface area contributed by atoms with Gasteiger partial charge in [0.05, 0.1) is 0 Å². The Morgan fingerprint density at radius 3 is 2.32 bits per heavy atom. The minimum atomic E-state index is -0.245. The monoisotopic (exact) mass is 297 g/mol. The maximum Gasteiger partial charge on any atom is 0.223 e. The molecule has 0 aromatic heterocycles. The maximum absolute atomic E-state index is 14.2. The Morgan fingerprint density at radius 2 is 1.64 bits per heavy atom. The Kier molecular flexibility index (Phi) is 4.52. The molecule has 1 aliphatic rings. The van der Waals surface area contributed by atoms with Crippen molar-refractivity contribution in [3.63, 3.8) is 0 Å². The standard InChI is InChI=1S/C19H20FNO/c20-18-11-5-4-10-16(18)17(15-8-2-1-3-9-15)14-19(22)21-12-6-7-13-21/h1-5,8-11,17H,6-7,12-14H2. The normalized spacial score (nSPS) is 15.8. The van der Waals surface area contributed by atoms with E-state index in [1.165, 1.54) is 6.07 Å². The summed E-state index contributed by atoms with van der Waals surface area (Å²) >= 11 is 0. The second kappa shape index (κ2) is 6.73. The number of benzene rings is 2. The summed E-state index contributed by atoms with van der Waals surface area (Å²) in [5, 5.41) is 0. The molecule has 1 unspecified atom stereocenters. The van der Waals surface area contributed by atoms with Gasteiger partial charge in [-0.15, -0.1) is 0 Å². The molecule has 0 bridgehead atoms. The van der Waals surface area contributed by atoms with Crippen LogP contribution < -0.4 is 0 Å². The van der Waals surface area contributed by atoms with Crippen molar-refractivity contribution in [3.05, 3.63) is 71.5 Å². The van der Waals surface area contributed by atoms with Gasteiger partial charge >= 0.3 is 0 Å². The zero-order valence-electron chi connectivity index (χ0n) is 12.5. The molecule has 1 saturated heterocycles. The van der Waals surface area contributed by atoms with Crippen molar-refractivity contribution in [2.24, 2.45) is 0 Å². The average Bonchev–Trinajstić information content (AvgIpc) is 3.09. The SMILES string of the molecule is O=C(CC(c1ccccc1)c1ccccc1F)N1CCCC1. The minimum Gasteiger partial charge on any atom is -0.343 e. The number of nitrogens with zero attached hydrogens (tertiary/aromatic N) is 1. The molecular formula is C19H20FNO. The summed E-state index contributed by atoms with van der Waals surface area (Å²) in [6, 6.07) is 16.5. The van der Waals surface area contributed by atoms with Crippen LogP contribution in [-0.4, -0.2) is 23.9 Å². The first-order valence-electron chi connectivity index (χ1n) is 7.83. The molecular weight excluding hydrogens is 277 g/mol. The lowest BCUT2D eigenvalue weighted by molar-refractivity contribution is -0.130. The molecule has 22 heavy (non-hydrogen) atoms. The van der Waals surface area contributed by atoms with E-state index < -0.39 is 0 Å². The van der Waals surface area contributed by atoms with Crippen molar-refractivity contribution in [2.75, 3.05) is 13.1 Å². The highest BCUT2D eigenvalue weighted by atomic mass is 19.1. The number of halogens is 1. The molecule has 1 aliphatic heterocycles. The van der Waals surface area contributed by atoms with E-state index in [9.17, 15) is 9.18 Å². The third-order valence-electron chi connectivity index (χ3n) is 4.32. The lowest BCUT2D eigenvalue weighted by Crippen LogP contribution is -2.29. The van der Waals surface area contributed by atoms with Crippen LogP contribution in [0.5, 0.6) is 0 Å². The molecule has 0 radical (unpaired) electrons. The van der Waals surface area contributed by atoms with Gasteiger partial charge < -0.3 is 4.90 Å². The van der Waals surface area contributed by atoms with Gasteiger partial charge in [-0.1, -0.05) is 48.5 Å². The highest BCUT2D eigenvalue weighted by Gasteiger charge is 2.25. The maximum atomic E-state index is 14.2. The summed E-state index contributed by atoms with van der Waals surface area (Å²) < 4.78 is 14.2. The smallest absolute Gasteiger partial charge is 0.223 e. The Morgan fingerprint density at radius 1 is 1.00 bits per heavy atom. The number of carbonyl (C=O) groups is 1. The quantitative estimate of drug-likeness (QED) is 0.836. The lowest BCUT2D eigenvalue weighted by Gasteiger charge is -2.22. The zero-order chi connectivity index (χ0) is 15.4. The second-order valence-corrected chi connectivity index (χ2v) is 5.78. The lowest BCUT2D eigenvalue weighted by atomic mass is 9.88. The summed E-state index contributed by atoms with van der Waals surface area (Å²) in [5.74, 6) is -0.351. The van der Waals surface area contributed by atoms with Gasteiger partial charge in [-0.3, -0.25) is 4.79 Å². The summed E-state index contributed by atoms with van der Waals surface area (Å²) in [5.41, 5.74) is 1.58. The number of likely N-dealkylation sites (tertiary alicyclic amines) is 1. The molecule has 114 valence electrons. The topological polar surface area (TPSA) is 20.3 Å². The van der Waals surface area contributed by atoms with Crippen molar-refractivity contribution in [2.45, 2.75) is 25.2 Å². The van der Waals surface area contributed by atoms with E-state index in [-0.39, 0.29) is 17.6 Å². The van der Waals surface area contributed by atoms with Crippen molar-refractivity contribution in [1.82, 2.24) is 4.90 Å². The van der Waals surface area contributed by atoms with E-state index in [0.29, 0.717) is 12.0 Å². The van der Waals surface area contributed by atoms with E-state index in [1.807, 2.05) is 41.3 Å². The number of amides is 1. The molecule has 2 aromatic carbocycles. The largest absolute Gasteiger partial charge is 0.343 e. The first kappa shape index (κ1) is 14.8. The van der Waals surface area contributed by atoms with E-state index >= 15 is 0 Å². The summed E-state index contributed by atoms with van der Waals surface area (Å²) in [7, 11) is 0. The van der Waals surface area contributed by atoms with Crippen LogP contribution in [0.25, 0.3) is 0 Å². The Hall–Kier alpha value is -2.16. The van der Waals surface area contributed by atoms with Gasteiger partial charge in [0.2, 0.25) is 5.91 Å². The van der Waals surface area contributed by atoms with Crippen LogP contribution in [-0.2, 0) is 4.79 Å². The number of rotatable bonds is 4. The molecule has 1 amide bonds. The molecule has 1 atom stereocenters.